The fraction of sp³-hybridized carbons (Fsp3) is 0.444. The van der Waals surface area contributed by atoms with Crippen molar-refractivity contribution >= 4 is 5.96 Å². The third-order valence-electron chi connectivity index (χ3n) is 4.01. The summed E-state index contributed by atoms with van der Waals surface area (Å²) in [5.74, 6) is 3.13. The van der Waals surface area contributed by atoms with E-state index in [9.17, 15) is 0 Å². The lowest BCUT2D eigenvalue weighted by Gasteiger charge is -2.14. The van der Waals surface area contributed by atoms with E-state index in [4.69, 9.17) is 14.0 Å². The second-order valence-electron chi connectivity index (χ2n) is 5.58. The highest BCUT2D eigenvalue weighted by atomic mass is 16.5. The molecule has 0 aliphatic heterocycles. The van der Waals surface area contributed by atoms with Crippen LogP contribution in [-0.2, 0) is 13.0 Å². The highest BCUT2D eigenvalue weighted by Crippen LogP contribution is 2.24. The van der Waals surface area contributed by atoms with Crippen molar-refractivity contribution in [3.63, 3.8) is 0 Å². The first kappa shape index (κ1) is 18.6. The summed E-state index contributed by atoms with van der Waals surface area (Å²) in [6.45, 7) is 5.22. The van der Waals surface area contributed by atoms with Gasteiger partial charge in [0.1, 0.15) is 17.3 Å². The van der Waals surface area contributed by atoms with E-state index in [0.717, 1.165) is 53.0 Å². The quantitative estimate of drug-likeness (QED) is 0.591. The van der Waals surface area contributed by atoms with Gasteiger partial charge in [-0.15, -0.1) is 0 Å². The molecule has 0 amide bonds. The first-order chi connectivity index (χ1) is 12.1. The van der Waals surface area contributed by atoms with Crippen molar-refractivity contribution in [3.05, 3.63) is 40.8 Å². The number of hydrogen-bond donors (Lipinski definition) is 2. The third-order valence-corrected chi connectivity index (χ3v) is 4.01. The predicted molar refractivity (Wildman–Crippen MR) is 97.4 cm³/mol. The molecule has 25 heavy (non-hydrogen) atoms. The van der Waals surface area contributed by atoms with E-state index in [1.54, 1.807) is 21.3 Å². The second kappa shape index (κ2) is 8.96. The summed E-state index contributed by atoms with van der Waals surface area (Å²) in [6, 6.07) is 5.75. The first-order valence-corrected chi connectivity index (χ1v) is 8.16. The summed E-state index contributed by atoms with van der Waals surface area (Å²) in [5.41, 5.74) is 3.10. The molecule has 2 aromatic rings. The number of ether oxygens (including phenoxy) is 2. The molecule has 0 saturated carbocycles. The van der Waals surface area contributed by atoms with Crippen molar-refractivity contribution in [2.45, 2.75) is 26.8 Å². The van der Waals surface area contributed by atoms with Crippen molar-refractivity contribution in [1.82, 2.24) is 15.8 Å². The Bertz CT molecular complexity index is 706. The maximum Gasteiger partial charge on any atom is 0.191 e. The molecule has 0 aliphatic carbocycles. The highest BCUT2D eigenvalue weighted by molar-refractivity contribution is 5.79. The molecule has 136 valence electrons. The van der Waals surface area contributed by atoms with Gasteiger partial charge < -0.3 is 24.6 Å². The lowest BCUT2D eigenvalue weighted by Crippen LogP contribution is -2.38. The number of nitrogens with one attached hydrogen (secondary N) is 2. The average Bonchev–Trinajstić information content (AvgIpc) is 2.96. The maximum absolute atomic E-state index is 5.41. The van der Waals surface area contributed by atoms with Crippen LogP contribution in [0.4, 0.5) is 0 Å². The number of aromatic nitrogens is 1. The molecule has 7 nitrogen and oxygen atoms in total. The van der Waals surface area contributed by atoms with E-state index < -0.39 is 0 Å². The number of aliphatic imine (C=N–C) groups is 1. The second-order valence-corrected chi connectivity index (χ2v) is 5.58. The lowest BCUT2D eigenvalue weighted by molar-refractivity contribution is 0.390. The minimum atomic E-state index is 0.595. The number of methoxy groups -OCH3 is 2. The molecule has 0 atom stereocenters. The Kier molecular flexibility index (Phi) is 6.68. The van der Waals surface area contributed by atoms with E-state index in [2.05, 4.69) is 20.8 Å². The zero-order chi connectivity index (χ0) is 18.2. The predicted octanol–water partition coefficient (Wildman–Crippen LogP) is 2.22. The number of rotatable bonds is 7. The van der Waals surface area contributed by atoms with Crippen LogP contribution in [0.1, 0.15) is 22.6 Å². The molecule has 1 aromatic carbocycles. The van der Waals surface area contributed by atoms with Gasteiger partial charge in [0, 0.05) is 37.3 Å². The van der Waals surface area contributed by atoms with E-state index in [1.165, 1.54) is 0 Å². The smallest absolute Gasteiger partial charge is 0.191 e. The molecule has 0 bridgehead atoms. The van der Waals surface area contributed by atoms with E-state index >= 15 is 0 Å². The molecule has 2 N–H and O–H groups in total. The molecule has 0 spiro atoms. The summed E-state index contributed by atoms with van der Waals surface area (Å²) < 4.78 is 15.8. The molecule has 1 heterocycles. The van der Waals surface area contributed by atoms with Gasteiger partial charge in [-0.05, 0) is 32.4 Å². The van der Waals surface area contributed by atoms with Crippen molar-refractivity contribution in [2.75, 3.05) is 27.8 Å². The standard InChI is InChI=1S/C18H26N4O3/c1-12-16(13(2)25-22-12)8-9-20-18(19-3)21-11-14-6-7-15(23-4)10-17(14)24-5/h6-7,10H,8-9,11H2,1-5H3,(H2,19,20,21). The topological polar surface area (TPSA) is 80.9 Å². The van der Waals surface area contributed by atoms with Crippen molar-refractivity contribution < 1.29 is 14.0 Å². The van der Waals surface area contributed by atoms with Crippen LogP contribution in [0.5, 0.6) is 11.5 Å². The maximum atomic E-state index is 5.41. The van der Waals surface area contributed by atoms with Crippen LogP contribution in [0.15, 0.2) is 27.7 Å². The fourth-order valence-electron chi connectivity index (χ4n) is 2.56. The first-order valence-electron chi connectivity index (χ1n) is 8.16. The molecule has 2 rings (SSSR count). The molecule has 0 saturated heterocycles. The Morgan fingerprint density at radius 2 is 2.00 bits per heavy atom. The molecule has 0 unspecified atom stereocenters. The summed E-state index contributed by atoms with van der Waals surface area (Å²) in [6.07, 6.45) is 0.827. The normalized spacial score (nSPS) is 11.3. The van der Waals surface area contributed by atoms with E-state index in [1.807, 2.05) is 32.0 Å². The minimum absolute atomic E-state index is 0.595. The lowest BCUT2D eigenvalue weighted by atomic mass is 10.1. The molecule has 1 aromatic heterocycles. The van der Waals surface area contributed by atoms with E-state index in [0.29, 0.717) is 6.54 Å². The Morgan fingerprint density at radius 3 is 2.60 bits per heavy atom. The molecule has 0 radical (unpaired) electrons. The van der Waals surface area contributed by atoms with Gasteiger partial charge in [-0.2, -0.15) is 0 Å². The van der Waals surface area contributed by atoms with Crippen molar-refractivity contribution in [3.8, 4) is 11.5 Å². The number of hydrogen-bond acceptors (Lipinski definition) is 5. The summed E-state index contributed by atoms with van der Waals surface area (Å²) in [4.78, 5) is 4.25. The van der Waals surface area contributed by atoms with Gasteiger partial charge in [-0.1, -0.05) is 5.16 Å². The van der Waals surface area contributed by atoms with Crippen LogP contribution in [0, 0.1) is 13.8 Å². The minimum Gasteiger partial charge on any atom is -0.497 e. The molecular weight excluding hydrogens is 320 g/mol. The Labute approximate surface area is 148 Å². The van der Waals surface area contributed by atoms with Crippen LogP contribution >= 0.6 is 0 Å². The monoisotopic (exact) mass is 346 g/mol. The molecule has 0 aliphatic rings. The highest BCUT2D eigenvalue weighted by Gasteiger charge is 2.09. The van der Waals surface area contributed by atoms with Gasteiger partial charge in [0.05, 0.1) is 19.9 Å². The van der Waals surface area contributed by atoms with Gasteiger partial charge in [0.25, 0.3) is 0 Å². The largest absolute Gasteiger partial charge is 0.497 e. The number of benzene rings is 1. The summed E-state index contributed by atoms with van der Waals surface area (Å²) in [7, 11) is 5.03. The summed E-state index contributed by atoms with van der Waals surface area (Å²) in [5, 5.41) is 10.6. The van der Waals surface area contributed by atoms with Crippen LogP contribution in [-0.4, -0.2) is 38.9 Å². The van der Waals surface area contributed by atoms with Gasteiger partial charge in [-0.25, -0.2) is 0 Å². The molecule has 7 heteroatoms. The van der Waals surface area contributed by atoms with Crippen LogP contribution in [0.3, 0.4) is 0 Å². The molecule has 0 fully saturated rings. The summed E-state index contributed by atoms with van der Waals surface area (Å²) >= 11 is 0. The van der Waals surface area contributed by atoms with Gasteiger partial charge in [0.15, 0.2) is 5.96 Å². The molecular formula is C18H26N4O3. The number of guanidine groups is 1. The van der Waals surface area contributed by atoms with Crippen LogP contribution in [0.2, 0.25) is 0 Å². The zero-order valence-electron chi connectivity index (χ0n) is 15.5. The van der Waals surface area contributed by atoms with Gasteiger partial charge in [0.2, 0.25) is 0 Å². The van der Waals surface area contributed by atoms with Crippen molar-refractivity contribution in [2.24, 2.45) is 4.99 Å². The average molecular weight is 346 g/mol. The number of nitrogens with zero attached hydrogens (tertiary/aromatic N) is 2. The fourth-order valence-corrected chi connectivity index (χ4v) is 2.56. The zero-order valence-corrected chi connectivity index (χ0v) is 15.5. The van der Waals surface area contributed by atoms with Crippen LogP contribution in [0.25, 0.3) is 0 Å². The third kappa shape index (κ3) is 4.89. The Morgan fingerprint density at radius 1 is 1.20 bits per heavy atom. The Hall–Kier alpha value is -2.70. The van der Waals surface area contributed by atoms with Gasteiger partial charge >= 0.3 is 0 Å². The number of aryl methyl sites for hydroxylation is 2. The Balaban J connectivity index is 1.88. The van der Waals surface area contributed by atoms with E-state index in [-0.39, 0.29) is 0 Å². The SMILES string of the molecule is CN=C(NCCc1c(C)noc1C)NCc1ccc(OC)cc1OC. The van der Waals surface area contributed by atoms with Gasteiger partial charge in [-0.3, -0.25) is 4.99 Å². The van der Waals surface area contributed by atoms with Crippen LogP contribution < -0.4 is 20.1 Å². The van der Waals surface area contributed by atoms with Crippen molar-refractivity contribution in [1.29, 1.82) is 0 Å².